The van der Waals surface area contributed by atoms with Crippen molar-refractivity contribution in [1.82, 2.24) is 10.3 Å². The summed E-state index contributed by atoms with van der Waals surface area (Å²) in [6.45, 7) is 1.41. The molecule has 0 aliphatic heterocycles. The Morgan fingerprint density at radius 1 is 1.25 bits per heavy atom. The van der Waals surface area contributed by atoms with E-state index in [0.29, 0.717) is 17.0 Å². The molecule has 1 N–H and O–H groups in total. The lowest BCUT2D eigenvalue weighted by Crippen LogP contribution is -2.21. The van der Waals surface area contributed by atoms with Crippen LogP contribution < -0.4 is 14.8 Å². The number of rotatable bonds is 7. The summed E-state index contributed by atoms with van der Waals surface area (Å²) in [4.78, 5) is 22.6. The van der Waals surface area contributed by atoms with Crippen LogP contribution in [-0.4, -0.2) is 34.9 Å². The largest absolute Gasteiger partial charge is 0.497 e. The van der Waals surface area contributed by atoms with E-state index in [1.54, 1.807) is 25.3 Å². The van der Waals surface area contributed by atoms with Crippen molar-refractivity contribution in [3.63, 3.8) is 0 Å². The number of carbonyl (C=O) groups excluding carboxylic acids is 1. The van der Waals surface area contributed by atoms with Crippen molar-refractivity contribution < 1.29 is 23.8 Å². The fourth-order valence-electron chi connectivity index (χ4n) is 2.52. The summed E-state index contributed by atoms with van der Waals surface area (Å²) < 4.78 is 15.2. The van der Waals surface area contributed by atoms with E-state index >= 15 is 0 Å². The Hall–Kier alpha value is -3.95. The number of benzene rings is 2. The number of aromatic nitrogens is 2. The van der Waals surface area contributed by atoms with E-state index in [4.69, 9.17) is 14.1 Å². The molecule has 144 valence electrons. The molecule has 1 aromatic heterocycles. The zero-order chi connectivity index (χ0) is 20.1. The lowest BCUT2D eigenvalue weighted by molar-refractivity contribution is -0.385. The van der Waals surface area contributed by atoms with Gasteiger partial charge in [0.15, 0.2) is 18.1 Å². The summed E-state index contributed by atoms with van der Waals surface area (Å²) in [6.07, 6.45) is 0. The van der Waals surface area contributed by atoms with Gasteiger partial charge in [0.05, 0.1) is 12.0 Å². The van der Waals surface area contributed by atoms with Crippen LogP contribution in [0.25, 0.3) is 11.3 Å². The van der Waals surface area contributed by atoms with E-state index in [-0.39, 0.29) is 17.3 Å². The number of aryl methyl sites for hydroxylation is 1. The Balaban J connectivity index is 1.71. The normalized spacial score (nSPS) is 10.4. The minimum atomic E-state index is -0.584. The second kappa shape index (κ2) is 8.16. The molecule has 0 aliphatic rings. The number of ether oxygens (including phenoxy) is 2. The quantitative estimate of drug-likeness (QED) is 0.486. The predicted octanol–water partition coefficient (Wildman–Crippen LogP) is 2.98. The summed E-state index contributed by atoms with van der Waals surface area (Å²) in [6, 6.07) is 11.1. The Morgan fingerprint density at radius 3 is 2.75 bits per heavy atom. The van der Waals surface area contributed by atoms with E-state index in [1.165, 1.54) is 18.2 Å². The molecule has 1 heterocycles. The summed E-state index contributed by atoms with van der Waals surface area (Å²) >= 11 is 0. The van der Waals surface area contributed by atoms with E-state index in [9.17, 15) is 14.9 Å². The second-order valence-electron chi connectivity index (χ2n) is 5.70. The number of para-hydroxylation sites is 2. The maximum absolute atomic E-state index is 12.2. The lowest BCUT2D eigenvalue weighted by atomic mass is 10.1. The summed E-state index contributed by atoms with van der Waals surface area (Å²) in [5, 5.41) is 21.1. The zero-order valence-electron chi connectivity index (χ0n) is 15.0. The molecule has 0 bridgehead atoms. The number of carbonyl (C=O) groups is 1. The molecule has 0 fully saturated rings. The number of hydrogen-bond donors (Lipinski definition) is 1. The third kappa shape index (κ3) is 4.06. The van der Waals surface area contributed by atoms with Gasteiger partial charge in [-0.15, -0.1) is 0 Å². The maximum Gasteiger partial charge on any atom is 0.310 e. The van der Waals surface area contributed by atoms with E-state index < -0.39 is 17.4 Å². The SMILES string of the molecule is COc1ccc(-c2nonc2NC(=O)COc2ccccc2[N+](=O)[O-])c(C)c1. The van der Waals surface area contributed by atoms with Gasteiger partial charge in [0.1, 0.15) is 5.75 Å². The van der Waals surface area contributed by atoms with Crippen LogP contribution in [0.4, 0.5) is 11.5 Å². The highest BCUT2D eigenvalue weighted by atomic mass is 16.6. The molecule has 3 rings (SSSR count). The minimum absolute atomic E-state index is 0.00727. The van der Waals surface area contributed by atoms with Crippen molar-refractivity contribution in [3.05, 3.63) is 58.1 Å². The van der Waals surface area contributed by atoms with Crippen molar-refractivity contribution in [2.24, 2.45) is 0 Å². The van der Waals surface area contributed by atoms with E-state index in [1.807, 2.05) is 13.0 Å². The number of nitrogens with one attached hydrogen (secondary N) is 1. The molecule has 10 nitrogen and oxygen atoms in total. The maximum atomic E-state index is 12.2. The predicted molar refractivity (Wildman–Crippen MR) is 98.2 cm³/mol. The van der Waals surface area contributed by atoms with Crippen LogP contribution in [0.1, 0.15) is 5.56 Å². The van der Waals surface area contributed by atoms with Crippen molar-refractivity contribution in [1.29, 1.82) is 0 Å². The molecule has 0 saturated carbocycles. The van der Waals surface area contributed by atoms with Gasteiger partial charge in [-0.1, -0.05) is 12.1 Å². The van der Waals surface area contributed by atoms with Crippen LogP contribution >= 0.6 is 0 Å². The fourth-order valence-corrected chi connectivity index (χ4v) is 2.52. The van der Waals surface area contributed by atoms with Crippen molar-refractivity contribution in [3.8, 4) is 22.8 Å². The van der Waals surface area contributed by atoms with Gasteiger partial charge in [0.25, 0.3) is 5.91 Å². The topological polar surface area (TPSA) is 130 Å². The first-order valence-corrected chi connectivity index (χ1v) is 8.13. The smallest absolute Gasteiger partial charge is 0.310 e. The molecule has 0 unspecified atom stereocenters. The molecule has 0 atom stereocenters. The number of nitrogens with zero attached hydrogens (tertiary/aromatic N) is 3. The molecule has 0 spiro atoms. The average molecular weight is 384 g/mol. The monoisotopic (exact) mass is 384 g/mol. The van der Waals surface area contributed by atoms with Crippen molar-refractivity contribution in [2.45, 2.75) is 6.92 Å². The van der Waals surface area contributed by atoms with Gasteiger partial charge >= 0.3 is 5.69 Å². The highest BCUT2D eigenvalue weighted by Gasteiger charge is 2.19. The van der Waals surface area contributed by atoms with Crippen molar-refractivity contribution >= 4 is 17.4 Å². The third-order valence-electron chi connectivity index (χ3n) is 3.86. The molecule has 28 heavy (non-hydrogen) atoms. The zero-order valence-corrected chi connectivity index (χ0v) is 15.0. The van der Waals surface area contributed by atoms with Crippen LogP contribution in [0.2, 0.25) is 0 Å². The van der Waals surface area contributed by atoms with Crippen molar-refractivity contribution in [2.75, 3.05) is 19.0 Å². The Morgan fingerprint density at radius 2 is 2.04 bits per heavy atom. The van der Waals surface area contributed by atoms with Gasteiger partial charge in [-0.05, 0) is 47.1 Å². The van der Waals surface area contributed by atoms with E-state index in [0.717, 1.165) is 5.56 Å². The van der Waals surface area contributed by atoms with Crippen LogP contribution in [-0.2, 0) is 4.79 Å². The number of methoxy groups -OCH3 is 1. The second-order valence-corrected chi connectivity index (χ2v) is 5.70. The first kappa shape index (κ1) is 18.8. The van der Waals surface area contributed by atoms with Crippen LogP contribution in [0.15, 0.2) is 47.1 Å². The van der Waals surface area contributed by atoms with Gasteiger partial charge in [-0.25, -0.2) is 4.63 Å². The average Bonchev–Trinajstić information content (AvgIpc) is 3.14. The first-order valence-electron chi connectivity index (χ1n) is 8.13. The number of hydrogen-bond acceptors (Lipinski definition) is 8. The van der Waals surface area contributed by atoms with Gasteiger partial charge in [-0.2, -0.15) is 0 Å². The van der Waals surface area contributed by atoms with Crippen LogP contribution in [0.3, 0.4) is 0 Å². The van der Waals surface area contributed by atoms with E-state index in [2.05, 4.69) is 15.6 Å². The number of amides is 1. The summed E-state index contributed by atoms with van der Waals surface area (Å²) in [7, 11) is 1.56. The standard InChI is InChI=1S/C18H16N4O6/c1-11-9-12(26-2)7-8-13(11)17-18(21-28-20-17)19-16(23)10-27-15-6-4-3-5-14(15)22(24)25/h3-9H,10H2,1-2H3,(H,19,21,23). The minimum Gasteiger partial charge on any atom is -0.497 e. The molecule has 1 amide bonds. The molecular formula is C18H16N4O6. The Labute approximate surface area is 159 Å². The highest BCUT2D eigenvalue weighted by Crippen LogP contribution is 2.30. The third-order valence-corrected chi connectivity index (χ3v) is 3.86. The highest BCUT2D eigenvalue weighted by molar-refractivity contribution is 5.94. The van der Waals surface area contributed by atoms with Gasteiger partial charge in [0.2, 0.25) is 5.82 Å². The summed E-state index contributed by atoms with van der Waals surface area (Å²) in [5.74, 6) is 0.221. The van der Waals surface area contributed by atoms with Crippen LogP contribution in [0, 0.1) is 17.0 Å². The van der Waals surface area contributed by atoms with Gasteiger partial charge < -0.3 is 14.8 Å². The fraction of sp³-hybridized carbons (Fsp3) is 0.167. The number of nitro benzene ring substituents is 1. The molecule has 0 aliphatic carbocycles. The number of nitro groups is 1. The van der Waals surface area contributed by atoms with Gasteiger partial charge in [-0.3, -0.25) is 14.9 Å². The molecular weight excluding hydrogens is 368 g/mol. The Kier molecular flexibility index (Phi) is 5.49. The lowest BCUT2D eigenvalue weighted by Gasteiger charge is -2.08. The Bertz CT molecular complexity index is 1020. The molecule has 2 aromatic carbocycles. The summed E-state index contributed by atoms with van der Waals surface area (Å²) in [5.41, 5.74) is 1.67. The molecule has 0 saturated heterocycles. The molecule has 3 aromatic rings. The number of anilines is 1. The molecule has 0 radical (unpaired) electrons. The van der Waals surface area contributed by atoms with Gasteiger partial charge in [0, 0.05) is 11.6 Å². The van der Waals surface area contributed by atoms with Crippen LogP contribution in [0.5, 0.6) is 11.5 Å². The molecule has 10 heteroatoms. The first-order chi connectivity index (χ1) is 13.5.